The topological polar surface area (TPSA) is 34.2 Å². The van der Waals surface area contributed by atoms with Gasteiger partial charge < -0.3 is 10.1 Å². The van der Waals surface area contributed by atoms with E-state index in [1.165, 1.54) is 16.5 Å². The Balaban J connectivity index is 2.42. The summed E-state index contributed by atoms with van der Waals surface area (Å²) in [6, 6.07) is 8.87. The number of ether oxygens (including phenoxy) is 1. The zero-order chi connectivity index (χ0) is 16.2. The van der Waals surface area contributed by atoms with Crippen molar-refractivity contribution in [2.24, 2.45) is 0 Å². The van der Waals surface area contributed by atoms with Gasteiger partial charge in [-0.25, -0.2) is 0 Å². The van der Waals surface area contributed by atoms with Crippen molar-refractivity contribution in [1.29, 1.82) is 0 Å². The van der Waals surface area contributed by atoms with Gasteiger partial charge in [-0.3, -0.25) is 4.98 Å². The monoisotopic (exact) mass is 300 g/mol. The second-order valence-electron chi connectivity index (χ2n) is 6.79. The van der Waals surface area contributed by atoms with Crippen molar-refractivity contribution in [2.75, 3.05) is 20.3 Å². The van der Waals surface area contributed by atoms with Crippen molar-refractivity contribution >= 4 is 10.9 Å². The number of rotatable bonds is 6. The minimum Gasteiger partial charge on any atom is -0.383 e. The second kappa shape index (κ2) is 7.21. The molecule has 0 unspecified atom stereocenters. The highest BCUT2D eigenvalue weighted by Gasteiger charge is 2.17. The van der Waals surface area contributed by atoms with Gasteiger partial charge >= 0.3 is 0 Å². The van der Waals surface area contributed by atoms with Gasteiger partial charge in [0, 0.05) is 36.7 Å². The second-order valence-corrected chi connectivity index (χ2v) is 6.79. The highest BCUT2D eigenvalue weighted by atomic mass is 16.5. The lowest BCUT2D eigenvalue weighted by Gasteiger charge is -2.20. The number of nitrogens with zero attached hydrogens (tertiary/aromatic N) is 1. The first kappa shape index (κ1) is 16.9. The molecule has 2 rings (SSSR count). The molecular formula is C19H28N2O. The summed E-state index contributed by atoms with van der Waals surface area (Å²) in [5.74, 6) is 0. The number of pyridine rings is 1. The maximum absolute atomic E-state index is 5.11. The SMILES string of the molecule is CCc1ccc2nc(C(C)(C)C)cc(CNCCOC)c2c1. The van der Waals surface area contributed by atoms with Crippen molar-refractivity contribution in [2.45, 2.75) is 46.1 Å². The smallest absolute Gasteiger partial charge is 0.0709 e. The minimum absolute atomic E-state index is 0.0545. The first-order valence-corrected chi connectivity index (χ1v) is 8.08. The Labute approximate surface area is 134 Å². The third-order valence-electron chi connectivity index (χ3n) is 3.93. The molecule has 3 heteroatoms. The third kappa shape index (κ3) is 4.05. The van der Waals surface area contributed by atoms with Crippen molar-refractivity contribution in [3.05, 3.63) is 41.1 Å². The first-order valence-electron chi connectivity index (χ1n) is 8.08. The molecular weight excluding hydrogens is 272 g/mol. The summed E-state index contributed by atoms with van der Waals surface area (Å²) in [5.41, 5.74) is 4.97. The van der Waals surface area contributed by atoms with E-state index in [-0.39, 0.29) is 5.41 Å². The van der Waals surface area contributed by atoms with Gasteiger partial charge in [0.05, 0.1) is 12.1 Å². The van der Waals surface area contributed by atoms with E-state index in [0.717, 1.165) is 37.3 Å². The Morgan fingerprint density at radius 3 is 2.59 bits per heavy atom. The predicted molar refractivity (Wildman–Crippen MR) is 93.4 cm³/mol. The molecule has 22 heavy (non-hydrogen) atoms. The lowest BCUT2D eigenvalue weighted by molar-refractivity contribution is 0.199. The van der Waals surface area contributed by atoms with E-state index in [2.05, 4.69) is 57.3 Å². The van der Waals surface area contributed by atoms with Crippen LogP contribution >= 0.6 is 0 Å². The van der Waals surface area contributed by atoms with Gasteiger partial charge in [0.1, 0.15) is 0 Å². The Kier molecular flexibility index (Phi) is 5.54. The fourth-order valence-corrected chi connectivity index (χ4v) is 2.49. The standard InChI is InChI=1S/C19H28N2O/c1-6-14-7-8-17-16(11-14)15(13-20-9-10-22-5)12-18(21-17)19(2,3)4/h7-8,11-12,20H,6,9-10,13H2,1-5H3. The molecule has 0 aliphatic rings. The first-order chi connectivity index (χ1) is 10.5. The molecule has 0 amide bonds. The molecule has 2 aromatic rings. The van der Waals surface area contributed by atoms with E-state index in [0.29, 0.717) is 0 Å². The van der Waals surface area contributed by atoms with E-state index < -0.39 is 0 Å². The molecule has 1 aromatic heterocycles. The number of aromatic nitrogens is 1. The summed E-state index contributed by atoms with van der Waals surface area (Å²) in [6.45, 7) is 11.3. The average molecular weight is 300 g/mol. The molecule has 0 aliphatic carbocycles. The quantitative estimate of drug-likeness (QED) is 0.823. The summed E-state index contributed by atoms with van der Waals surface area (Å²) < 4.78 is 5.11. The maximum Gasteiger partial charge on any atom is 0.0709 e. The van der Waals surface area contributed by atoms with Crippen LogP contribution in [0.4, 0.5) is 0 Å². The number of fused-ring (bicyclic) bond motifs is 1. The molecule has 0 spiro atoms. The van der Waals surface area contributed by atoms with Crippen LogP contribution in [-0.2, 0) is 23.1 Å². The zero-order valence-electron chi connectivity index (χ0n) is 14.5. The fraction of sp³-hybridized carbons (Fsp3) is 0.526. The van der Waals surface area contributed by atoms with Crippen molar-refractivity contribution in [3.63, 3.8) is 0 Å². The number of methoxy groups -OCH3 is 1. The van der Waals surface area contributed by atoms with Crippen LogP contribution in [-0.4, -0.2) is 25.2 Å². The molecule has 0 saturated carbocycles. The summed E-state index contributed by atoms with van der Waals surface area (Å²) in [6.07, 6.45) is 1.05. The van der Waals surface area contributed by atoms with Crippen molar-refractivity contribution in [3.8, 4) is 0 Å². The van der Waals surface area contributed by atoms with Crippen LogP contribution in [0.2, 0.25) is 0 Å². The number of nitrogens with one attached hydrogen (secondary N) is 1. The highest BCUT2D eigenvalue weighted by molar-refractivity contribution is 5.83. The third-order valence-corrected chi connectivity index (χ3v) is 3.93. The molecule has 0 atom stereocenters. The van der Waals surface area contributed by atoms with Gasteiger partial charge in [-0.05, 0) is 35.7 Å². The normalized spacial score (nSPS) is 12.0. The lowest BCUT2D eigenvalue weighted by Crippen LogP contribution is -2.20. The van der Waals surface area contributed by atoms with Crippen LogP contribution in [0.15, 0.2) is 24.3 Å². The molecule has 0 fully saturated rings. The summed E-state index contributed by atoms with van der Waals surface area (Å²) in [5, 5.41) is 4.72. The van der Waals surface area contributed by atoms with Gasteiger partial charge in [-0.2, -0.15) is 0 Å². The summed E-state index contributed by atoms with van der Waals surface area (Å²) in [7, 11) is 1.73. The van der Waals surface area contributed by atoms with E-state index in [1.54, 1.807) is 7.11 Å². The molecule has 0 radical (unpaired) electrons. The molecule has 1 N–H and O–H groups in total. The Morgan fingerprint density at radius 2 is 1.95 bits per heavy atom. The molecule has 0 saturated heterocycles. The Morgan fingerprint density at radius 1 is 1.18 bits per heavy atom. The molecule has 0 aliphatic heterocycles. The lowest BCUT2D eigenvalue weighted by atomic mass is 9.89. The van der Waals surface area contributed by atoms with Gasteiger partial charge in [-0.15, -0.1) is 0 Å². The van der Waals surface area contributed by atoms with E-state index >= 15 is 0 Å². The van der Waals surface area contributed by atoms with E-state index in [4.69, 9.17) is 9.72 Å². The molecule has 0 bridgehead atoms. The van der Waals surface area contributed by atoms with Crippen LogP contribution < -0.4 is 5.32 Å². The van der Waals surface area contributed by atoms with Gasteiger partial charge in [-0.1, -0.05) is 33.8 Å². The molecule has 1 heterocycles. The van der Waals surface area contributed by atoms with Crippen molar-refractivity contribution in [1.82, 2.24) is 10.3 Å². The number of hydrogen-bond donors (Lipinski definition) is 1. The fourth-order valence-electron chi connectivity index (χ4n) is 2.49. The van der Waals surface area contributed by atoms with Crippen LogP contribution in [0, 0.1) is 0 Å². The summed E-state index contributed by atoms with van der Waals surface area (Å²) in [4.78, 5) is 4.87. The zero-order valence-corrected chi connectivity index (χ0v) is 14.5. The van der Waals surface area contributed by atoms with Crippen LogP contribution in [0.5, 0.6) is 0 Å². The van der Waals surface area contributed by atoms with Crippen molar-refractivity contribution < 1.29 is 4.74 Å². The molecule has 3 nitrogen and oxygen atoms in total. The largest absolute Gasteiger partial charge is 0.383 e. The average Bonchev–Trinajstić information content (AvgIpc) is 2.49. The maximum atomic E-state index is 5.11. The molecule has 120 valence electrons. The predicted octanol–water partition coefficient (Wildman–Crippen LogP) is 3.83. The number of aryl methyl sites for hydroxylation is 1. The molecule has 1 aromatic carbocycles. The number of benzene rings is 1. The van der Waals surface area contributed by atoms with Gasteiger partial charge in [0.25, 0.3) is 0 Å². The van der Waals surface area contributed by atoms with Crippen LogP contribution in [0.1, 0.15) is 44.5 Å². The number of hydrogen-bond acceptors (Lipinski definition) is 3. The van der Waals surface area contributed by atoms with Crippen LogP contribution in [0.3, 0.4) is 0 Å². The Hall–Kier alpha value is -1.45. The minimum atomic E-state index is 0.0545. The van der Waals surface area contributed by atoms with Gasteiger partial charge in [0.2, 0.25) is 0 Å². The van der Waals surface area contributed by atoms with Gasteiger partial charge in [0.15, 0.2) is 0 Å². The summed E-state index contributed by atoms with van der Waals surface area (Å²) >= 11 is 0. The highest BCUT2D eigenvalue weighted by Crippen LogP contribution is 2.27. The van der Waals surface area contributed by atoms with Crippen LogP contribution in [0.25, 0.3) is 10.9 Å². The van der Waals surface area contributed by atoms with E-state index in [1.807, 2.05) is 0 Å². The van der Waals surface area contributed by atoms with E-state index in [9.17, 15) is 0 Å². The Bertz CT molecular complexity index is 629.